The molecule has 0 radical (unpaired) electrons. The summed E-state index contributed by atoms with van der Waals surface area (Å²) < 4.78 is 2.01. The lowest BCUT2D eigenvalue weighted by Crippen LogP contribution is -2.26. The van der Waals surface area contributed by atoms with E-state index in [0.29, 0.717) is 18.5 Å². The molecule has 0 aliphatic rings. The Hall–Kier alpha value is -3.48. The van der Waals surface area contributed by atoms with Crippen LogP contribution >= 0.6 is 0 Å². The summed E-state index contributed by atoms with van der Waals surface area (Å²) >= 11 is 0. The molecule has 3 heterocycles. The maximum absolute atomic E-state index is 12.3. The second-order valence-electron chi connectivity index (χ2n) is 6.28. The lowest BCUT2D eigenvalue weighted by atomic mass is 10.1. The summed E-state index contributed by atoms with van der Waals surface area (Å²) in [5.41, 5.74) is 3.29. The van der Waals surface area contributed by atoms with E-state index in [1.54, 1.807) is 31.0 Å². The van der Waals surface area contributed by atoms with Gasteiger partial charge in [-0.3, -0.25) is 4.79 Å². The third-order valence-corrected chi connectivity index (χ3v) is 4.40. The first kappa shape index (κ1) is 17.0. The van der Waals surface area contributed by atoms with Crippen molar-refractivity contribution in [2.45, 2.75) is 19.4 Å². The highest BCUT2D eigenvalue weighted by Crippen LogP contribution is 2.13. The number of benzene rings is 1. The Labute approximate surface area is 156 Å². The van der Waals surface area contributed by atoms with Gasteiger partial charge in [0.2, 0.25) is 0 Å². The van der Waals surface area contributed by atoms with Gasteiger partial charge in [-0.1, -0.05) is 30.3 Å². The second-order valence-corrected chi connectivity index (χ2v) is 6.28. The Balaban J connectivity index is 1.39. The van der Waals surface area contributed by atoms with Crippen LogP contribution in [-0.4, -0.2) is 37.0 Å². The zero-order chi connectivity index (χ0) is 18.5. The van der Waals surface area contributed by atoms with Crippen molar-refractivity contribution < 1.29 is 4.79 Å². The van der Waals surface area contributed by atoms with Gasteiger partial charge in [0.15, 0.2) is 5.65 Å². The number of amides is 1. The quantitative estimate of drug-likeness (QED) is 0.530. The fourth-order valence-corrected chi connectivity index (χ4v) is 2.96. The number of hydrogen-bond donors (Lipinski definition) is 2. The van der Waals surface area contributed by atoms with E-state index in [1.807, 2.05) is 22.8 Å². The number of nitrogens with zero attached hydrogens (tertiary/aromatic N) is 4. The van der Waals surface area contributed by atoms with Crippen LogP contribution < -0.4 is 5.32 Å². The summed E-state index contributed by atoms with van der Waals surface area (Å²) in [5.74, 6) is 0.691. The van der Waals surface area contributed by atoms with Gasteiger partial charge in [-0.2, -0.15) is 0 Å². The number of rotatable bonds is 7. The molecule has 27 heavy (non-hydrogen) atoms. The molecule has 0 atom stereocenters. The van der Waals surface area contributed by atoms with Crippen LogP contribution in [0.3, 0.4) is 0 Å². The predicted molar refractivity (Wildman–Crippen MR) is 102 cm³/mol. The third-order valence-electron chi connectivity index (χ3n) is 4.40. The van der Waals surface area contributed by atoms with Crippen LogP contribution in [0.4, 0.5) is 0 Å². The molecule has 0 spiro atoms. The number of nitrogens with one attached hydrogen (secondary N) is 2. The Morgan fingerprint density at radius 3 is 2.81 bits per heavy atom. The maximum atomic E-state index is 12.3. The number of carbonyl (C=O) groups is 1. The Morgan fingerprint density at radius 1 is 1.11 bits per heavy atom. The zero-order valence-corrected chi connectivity index (χ0v) is 14.8. The van der Waals surface area contributed by atoms with Crippen molar-refractivity contribution in [3.63, 3.8) is 0 Å². The van der Waals surface area contributed by atoms with Crippen molar-refractivity contribution in [3.05, 3.63) is 78.3 Å². The van der Waals surface area contributed by atoms with Crippen LogP contribution in [0.5, 0.6) is 0 Å². The summed E-state index contributed by atoms with van der Waals surface area (Å²) in [6.07, 6.45) is 8.40. The summed E-state index contributed by atoms with van der Waals surface area (Å²) in [6.45, 7) is 1.30. The van der Waals surface area contributed by atoms with Crippen LogP contribution in [0, 0.1) is 0 Å². The van der Waals surface area contributed by atoms with Gasteiger partial charge in [0.05, 0.1) is 11.9 Å². The molecule has 1 aromatic carbocycles. The van der Waals surface area contributed by atoms with E-state index < -0.39 is 0 Å². The number of pyridine rings is 1. The molecule has 7 nitrogen and oxygen atoms in total. The second kappa shape index (κ2) is 7.82. The molecule has 7 heteroatoms. The smallest absolute Gasteiger partial charge is 0.252 e. The van der Waals surface area contributed by atoms with E-state index in [2.05, 4.69) is 37.4 Å². The van der Waals surface area contributed by atoms with E-state index in [4.69, 9.17) is 0 Å². The molecular formula is C20H20N6O. The SMILES string of the molecule is O=C(NCCc1ncc[nH]1)c1cnc2c(c1)ncn2CCc1ccccc1. The van der Waals surface area contributed by atoms with Crippen molar-refractivity contribution >= 4 is 17.1 Å². The van der Waals surface area contributed by atoms with Crippen LogP contribution in [-0.2, 0) is 19.4 Å². The van der Waals surface area contributed by atoms with Crippen molar-refractivity contribution in [2.24, 2.45) is 0 Å². The molecule has 4 rings (SSSR count). The number of imidazole rings is 2. The fraction of sp³-hybridized carbons (Fsp3) is 0.200. The average Bonchev–Trinajstić information content (AvgIpc) is 3.36. The van der Waals surface area contributed by atoms with Gasteiger partial charge in [0, 0.05) is 38.1 Å². The third kappa shape index (κ3) is 4.03. The summed E-state index contributed by atoms with van der Waals surface area (Å²) in [5, 5.41) is 2.88. The van der Waals surface area contributed by atoms with Gasteiger partial charge in [-0.05, 0) is 18.1 Å². The van der Waals surface area contributed by atoms with Gasteiger partial charge >= 0.3 is 0 Å². The summed E-state index contributed by atoms with van der Waals surface area (Å²) in [7, 11) is 0. The Morgan fingerprint density at radius 2 is 2.00 bits per heavy atom. The van der Waals surface area contributed by atoms with Crippen LogP contribution in [0.15, 0.2) is 61.3 Å². The summed E-state index contributed by atoms with van der Waals surface area (Å²) in [4.78, 5) is 28.3. The van der Waals surface area contributed by atoms with Gasteiger partial charge in [0.25, 0.3) is 5.91 Å². The Kier molecular flexibility index (Phi) is 4.91. The molecule has 0 aliphatic heterocycles. The molecule has 0 bridgehead atoms. The van der Waals surface area contributed by atoms with Crippen LogP contribution in [0.25, 0.3) is 11.2 Å². The minimum absolute atomic E-state index is 0.158. The summed E-state index contributed by atoms with van der Waals surface area (Å²) in [6, 6.07) is 12.1. The molecule has 0 saturated carbocycles. The standard InChI is InChI=1S/C20H20N6O/c27-20(23-8-6-18-21-9-10-22-18)16-12-17-19(24-13-16)26(14-25-17)11-7-15-4-2-1-3-5-15/h1-5,9-10,12-14H,6-8,11H2,(H,21,22)(H,23,27). The van der Waals surface area contributed by atoms with Gasteiger partial charge in [-0.15, -0.1) is 0 Å². The number of hydrogen-bond acceptors (Lipinski definition) is 4. The molecule has 0 fully saturated rings. The van der Waals surface area contributed by atoms with E-state index in [-0.39, 0.29) is 5.91 Å². The average molecular weight is 360 g/mol. The lowest BCUT2D eigenvalue weighted by molar-refractivity contribution is 0.0954. The van der Waals surface area contributed by atoms with Gasteiger partial charge in [-0.25, -0.2) is 15.0 Å². The number of carbonyl (C=O) groups excluding carboxylic acids is 1. The van der Waals surface area contributed by atoms with Gasteiger partial charge in [0.1, 0.15) is 11.3 Å². The Bertz CT molecular complexity index is 1020. The van der Waals surface area contributed by atoms with E-state index in [1.165, 1.54) is 5.56 Å². The topological polar surface area (TPSA) is 88.5 Å². The first-order valence-corrected chi connectivity index (χ1v) is 8.91. The van der Waals surface area contributed by atoms with Crippen molar-refractivity contribution in [2.75, 3.05) is 6.54 Å². The molecule has 4 aromatic rings. The molecule has 1 amide bonds. The van der Waals surface area contributed by atoms with Crippen LogP contribution in [0.2, 0.25) is 0 Å². The number of H-pyrrole nitrogens is 1. The van der Waals surface area contributed by atoms with E-state index in [9.17, 15) is 4.79 Å². The lowest BCUT2D eigenvalue weighted by Gasteiger charge is -2.06. The van der Waals surface area contributed by atoms with Crippen molar-refractivity contribution in [3.8, 4) is 0 Å². The predicted octanol–water partition coefficient (Wildman–Crippen LogP) is 2.37. The molecule has 0 aliphatic carbocycles. The van der Waals surface area contributed by atoms with Crippen molar-refractivity contribution in [1.29, 1.82) is 0 Å². The first-order valence-electron chi connectivity index (χ1n) is 8.91. The number of aromatic amines is 1. The minimum atomic E-state index is -0.158. The molecule has 3 aromatic heterocycles. The molecule has 0 saturated heterocycles. The number of aryl methyl sites for hydroxylation is 2. The molecule has 2 N–H and O–H groups in total. The van der Waals surface area contributed by atoms with E-state index in [0.717, 1.165) is 30.0 Å². The zero-order valence-electron chi connectivity index (χ0n) is 14.8. The fourth-order valence-electron chi connectivity index (χ4n) is 2.96. The number of fused-ring (bicyclic) bond motifs is 1. The highest BCUT2D eigenvalue weighted by atomic mass is 16.1. The molecule has 0 unspecified atom stereocenters. The number of aromatic nitrogens is 5. The minimum Gasteiger partial charge on any atom is -0.352 e. The van der Waals surface area contributed by atoms with Crippen LogP contribution in [0.1, 0.15) is 21.7 Å². The van der Waals surface area contributed by atoms with Crippen molar-refractivity contribution in [1.82, 2.24) is 29.8 Å². The van der Waals surface area contributed by atoms with E-state index >= 15 is 0 Å². The van der Waals surface area contributed by atoms with Gasteiger partial charge < -0.3 is 14.9 Å². The molecule has 136 valence electrons. The molecular weight excluding hydrogens is 340 g/mol. The first-order chi connectivity index (χ1) is 13.3. The maximum Gasteiger partial charge on any atom is 0.252 e. The largest absolute Gasteiger partial charge is 0.352 e. The highest BCUT2D eigenvalue weighted by Gasteiger charge is 2.10. The monoisotopic (exact) mass is 360 g/mol. The highest BCUT2D eigenvalue weighted by molar-refractivity contribution is 5.96. The normalized spacial score (nSPS) is 11.0.